The Bertz CT molecular complexity index is 1190. The second-order valence-electron chi connectivity index (χ2n) is 8.26. The maximum Gasteiger partial charge on any atom is 0.416 e. The summed E-state index contributed by atoms with van der Waals surface area (Å²) < 4.78 is 38.1. The number of rotatable bonds is 8. The first kappa shape index (κ1) is 25.7. The number of benzene rings is 3. The fourth-order valence-corrected chi connectivity index (χ4v) is 3.67. The topological polar surface area (TPSA) is 73.3 Å². The molecule has 0 fully saturated rings. The highest BCUT2D eigenvalue weighted by Crippen LogP contribution is 2.29. The molecule has 3 rings (SSSR count). The van der Waals surface area contributed by atoms with Crippen molar-refractivity contribution in [2.45, 2.75) is 32.5 Å². The lowest BCUT2D eigenvalue weighted by Crippen LogP contribution is -2.44. The quantitative estimate of drug-likeness (QED) is 0.433. The molecule has 0 saturated heterocycles. The van der Waals surface area contributed by atoms with Crippen molar-refractivity contribution >= 4 is 23.2 Å². The van der Waals surface area contributed by atoms with Crippen LogP contribution in [-0.4, -0.2) is 30.1 Å². The summed E-state index contributed by atoms with van der Waals surface area (Å²) in [5.41, 5.74) is 1.73. The van der Waals surface area contributed by atoms with Crippen molar-refractivity contribution in [2.24, 2.45) is 0 Å². The number of amides is 2. The molecule has 3 aromatic rings. The number of hydrogen-bond acceptors (Lipinski definition) is 3. The molecule has 35 heavy (non-hydrogen) atoms. The molecular formula is C27H26F3N3O2. The van der Waals surface area contributed by atoms with Crippen LogP contribution in [0.4, 0.5) is 18.9 Å². The third-order valence-corrected chi connectivity index (χ3v) is 5.36. The van der Waals surface area contributed by atoms with Crippen LogP contribution in [0.5, 0.6) is 0 Å². The Labute approximate surface area is 202 Å². The molecule has 5 nitrogen and oxygen atoms in total. The van der Waals surface area contributed by atoms with E-state index in [0.717, 1.165) is 12.1 Å². The van der Waals surface area contributed by atoms with Gasteiger partial charge in [-0.1, -0.05) is 60.7 Å². The molecule has 2 amide bonds. The first-order valence-corrected chi connectivity index (χ1v) is 11.1. The SMILES string of the molecule is CC(C)N(C(=O)CNC(=O)Cc1ccc(C(F)(F)F)cc1)c1ccccc1C(=N)c1ccccc1. The Morgan fingerprint density at radius 3 is 2.11 bits per heavy atom. The van der Waals surface area contributed by atoms with Crippen LogP contribution in [0.25, 0.3) is 0 Å². The summed E-state index contributed by atoms with van der Waals surface area (Å²) in [5, 5.41) is 11.2. The summed E-state index contributed by atoms with van der Waals surface area (Å²) in [5.74, 6) is -0.846. The number of halogens is 3. The second kappa shape index (κ2) is 11.0. The van der Waals surface area contributed by atoms with Gasteiger partial charge in [0.2, 0.25) is 11.8 Å². The summed E-state index contributed by atoms with van der Waals surface area (Å²) in [6, 6.07) is 20.4. The predicted molar refractivity (Wildman–Crippen MR) is 130 cm³/mol. The molecule has 8 heteroatoms. The van der Waals surface area contributed by atoms with Crippen LogP contribution in [0.1, 0.15) is 36.1 Å². The first-order valence-electron chi connectivity index (χ1n) is 11.1. The van der Waals surface area contributed by atoms with E-state index < -0.39 is 17.6 Å². The van der Waals surface area contributed by atoms with E-state index in [1.54, 1.807) is 24.3 Å². The van der Waals surface area contributed by atoms with E-state index >= 15 is 0 Å². The predicted octanol–water partition coefficient (Wildman–Crippen LogP) is 5.22. The van der Waals surface area contributed by atoms with E-state index in [1.807, 2.05) is 44.2 Å². The van der Waals surface area contributed by atoms with Crippen LogP contribution < -0.4 is 10.2 Å². The van der Waals surface area contributed by atoms with Crippen LogP contribution in [0.3, 0.4) is 0 Å². The van der Waals surface area contributed by atoms with Crippen molar-refractivity contribution < 1.29 is 22.8 Å². The Balaban J connectivity index is 1.71. The van der Waals surface area contributed by atoms with Gasteiger partial charge in [0.1, 0.15) is 0 Å². The van der Waals surface area contributed by atoms with Gasteiger partial charge < -0.3 is 10.2 Å². The molecule has 0 heterocycles. The molecule has 0 radical (unpaired) electrons. The van der Waals surface area contributed by atoms with E-state index in [9.17, 15) is 22.8 Å². The van der Waals surface area contributed by atoms with Crippen LogP contribution >= 0.6 is 0 Å². The minimum absolute atomic E-state index is 0.150. The van der Waals surface area contributed by atoms with E-state index in [-0.39, 0.29) is 30.6 Å². The van der Waals surface area contributed by atoms with Gasteiger partial charge in [0.25, 0.3) is 0 Å². The lowest BCUT2D eigenvalue weighted by Gasteiger charge is -2.29. The zero-order chi connectivity index (χ0) is 25.6. The molecular weight excluding hydrogens is 455 g/mol. The van der Waals surface area contributed by atoms with Gasteiger partial charge in [0.15, 0.2) is 0 Å². The van der Waals surface area contributed by atoms with Crippen molar-refractivity contribution in [3.05, 3.63) is 101 Å². The van der Waals surface area contributed by atoms with Gasteiger partial charge in [-0.3, -0.25) is 15.0 Å². The maximum atomic E-state index is 13.1. The van der Waals surface area contributed by atoms with Crippen LogP contribution in [0.2, 0.25) is 0 Å². The smallest absolute Gasteiger partial charge is 0.347 e. The zero-order valence-corrected chi connectivity index (χ0v) is 19.4. The molecule has 0 aliphatic heterocycles. The number of nitrogens with one attached hydrogen (secondary N) is 2. The van der Waals surface area contributed by atoms with Crippen molar-refractivity contribution in [3.63, 3.8) is 0 Å². The Hall–Kier alpha value is -3.94. The molecule has 0 aliphatic carbocycles. The Morgan fingerprint density at radius 1 is 0.914 bits per heavy atom. The number of nitrogens with zero attached hydrogens (tertiary/aromatic N) is 1. The number of alkyl halides is 3. The summed E-state index contributed by atoms with van der Waals surface area (Å²) in [6.45, 7) is 3.39. The minimum Gasteiger partial charge on any atom is -0.347 e. The Kier molecular flexibility index (Phi) is 8.06. The molecule has 0 saturated carbocycles. The number of hydrogen-bond donors (Lipinski definition) is 2. The molecule has 0 aliphatic rings. The van der Waals surface area contributed by atoms with Crippen LogP contribution in [0.15, 0.2) is 78.9 Å². The molecule has 0 spiro atoms. The molecule has 2 N–H and O–H groups in total. The van der Waals surface area contributed by atoms with E-state index in [1.165, 1.54) is 17.0 Å². The highest BCUT2D eigenvalue weighted by Gasteiger charge is 2.30. The number of carbonyl (C=O) groups excluding carboxylic acids is 2. The largest absolute Gasteiger partial charge is 0.416 e. The van der Waals surface area contributed by atoms with Gasteiger partial charge >= 0.3 is 6.18 Å². The summed E-state index contributed by atoms with van der Waals surface area (Å²) in [4.78, 5) is 27.0. The van der Waals surface area contributed by atoms with Gasteiger partial charge in [0.05, 0.1) is 29.9 Å². The van der Waals surface area contributed by atoms with Gasteiger partial charge in [0, 0.05) is 17.2 Å². The number of carbonyl (C=O) groups is 2. The lowest BCUT2D eigenvalue weighted by atomic mass is 9.99. The average Bonchev–Trinajstić information content (AvgIpc) is 2.83. The van der Waals surface area contributed by atoms with E-state index in [4.69, 9.17) is 5.41 Å². The normalized spacial score (nSPS) is 11.3. The second-order valence-corrected chi connectivity index (χ2v) is 8.26. The monoisotopic (exact) mass is 481 g/mol. The Morgan fingerprint density at radius 2 is 1.51 bits per heavy atom. The average molecular weight is 482 g/mol. The third kappa shape index (κ3) is 6.56. The molecule has 0 unspecified atom stereocenters. The van der Waals surface area contributed by atoms with E-state index in [2.05, 4.69) is 5.32 Å². The number of para-hydroxylation sites is 1. The molecule has 0 bridgehead atoms. The summed E-state index contributed by atoms with van der Waals surface area (Å²) in [7, 11) is 0. The standard InChI is InChI=1S/C27H26F3N3O2/c1-18(2)33(23-11-7-6-10-22(23)26(31)20-8-4-3-5-9-20)25(35)17-32-24(34)16-19-12-14-21(15-13-19)27(28,29)30/h3-15,18,31H,16-17H2,1-2H3,(H,32,34). The van der Waals surface area contributed by atoms with Gasteiger partial charge in [-0.15, -0.1) is 0 Å². The fourth-order valence-electron chi connectivity index (χ4n) is 3.67. The van der Waals surface area contributed by atoms with Gasteiger partial charge in [-0.05, 0) is 37.6 Å². The molecule has 0 atom stereocenters. The molecule has 3 aromatic carbocycles. The molecule has 182 valence electrons. The third-order valence-electron chi connectivity index (χ3n) is 5.36. The highest BCUT2D eigenvalue weighted by molar-refractivity contribution is 6.16. The van der Waals surface area contributed by atoms with Crippen molar-refractivity contribution in [1.29, 1.82) is 5.41 Å². The van der Waals surface area contributed by atoms with E-state index in [0.29, 0.717) is 22.4 Å². The number of anilines is 1. The highest BCUT2D eigenvalue weighted by atomic mass is 19.4. The lowest BCUT2D eigenvalue weighted by molar-refractivity contribution is -0.137. The maximum absolute atomic E-state index is 13.1. The van der Waals surface area contributed by atoms with Gasteiger partial charge in [-0.25, -0.2) is 0 Å². The summed E-state index contributed by atoms with van der Waals surface area (Å²) in [6.07, 6.45) is -4.59. The molecule has 0 aromatic heterocycles. The van der Waals surface area contributed by atoms with Crippen LogP contribution in [-0.2, 0) is 22.2 Å². The minimum atomic E-state index is -4.44. The van der Waals surface area contributed by atoms with Gasteiger partial charge in [-0.2, -0.15) is 13.2 Å². The zero-order valence-electron chi connectivity index (χ0n) is 19.4. The summed E-state index contributed by atoms with van der Waals surface area (Å²) >= 11 is 0. The van der Waals surface area contributed by atoms with Crippen LogP contribution in [0, 0.1) is 5.41 Å². The first-order chi connectivity index (χ1) is 16.6. The fraction of sp³-hybridized carbons (Fsp3) is 0.222. The van der Waals surface area contributed by atoms with Crippen molar-refractivity contribution in [1.82, 2.24) is 5.32 Å². The van der Waals surface area contributed by atoms with Crippen molar-refractivity contribution in [2.75, 3.05) is 11.4 Å². The van der Waals surface area contributed by atoms with Crippen molar-refractivity contribution in [3.8, 4) is 0 Å².